The van der Waals surface area contributed by atoms with Gasteiger partial charge in [-0.05, 0) is 45.0 Å². The number of ether oxygens (including phenoxy) is 1. The third kappa shape index (κ3) is 4.86. The van der Waals surface area contributed by atoms with Crippen LogP contribution in [0.4, 0.5) is 5.69 Å². The van der Waals surface area contributed by atoms with Crippen LogP contribution in [-0.4, -0.2) is 40.3 Å². The van der Waals surface area contributed by atoms with E-state index in [2.05, 4.69) is 14.9 Å². The molecule has 0 bridgehead atoms. The van der Waals surface area contributed by atoms with Gasteiger partial charge >= 0.3 is 0 Å². The van der Waals surface area contributed by atoms with Crippen LogP contribution < -0.4 is 11.1 Å². The first-order valence-corrected chi connectivity index (χ1v) is 9.11. The van der Waals surface area contributed by atoms with E-state index in [4.69, 9.17) is 10.5 Å². The highest BCUT2D eigenvalue weighted by Crippen LogP contribution is 2.26. The Hall–Kier alpha value is -2.32. The molecular weight excluding hydrogens is 352 g/mol. The summed E-state index contributed by atoms with van der Waals surface area (Å²) < 4.78 is 7.22. The Morgan fingerprint density at radius 2 is 1.96 bits per heavy atom. The van der Waals surface area contributed by atoms with E-state index in [1.807, 2.05) is 20.8 Å². The number of rotatable bonds is 8. The number of hydrogen-bond acceptors (Lipinski definition) is 5. The third-order valence-corrected chi connectivity index (χ3v) is 5.12. The summed E-state index contributed by atoms with van der Waals surface area (Å²) in [7, 11) is 1.66. The van der Waals surface area contributed by atoms with Crippen molar-refractivity contribution in [2.24, 2.45) is 5.73 Å². The van der Waals surface area contributed by atoms with E-state index in [0.29, 0.717) is 24.4 Å². The van der Waals surface area contributed by atoms with Crippen molar-refractivity contribution in [3.63, 3.8) is 0 Å². The summed E-state index contributed by atoms with van der Waals surface area (Å²) in [5.41, 5.74) is 8.24. The minimum Gasteiger partial charge on any atom is -0.383 e. The number of nitrogens with two attached hydrogens (primary N) is 1. The Bertz CT molecular complexity index is 786. The molecule has 1 aromatic heterocycles. The van der Waals surface area contributed by atoms with Gasteiger partial charge in [0, 0.05) is 30.6 Å². The average molecular weight is 376 g/mol. The van der Waals surface area contributed by atoms with Gasteiger partial charge in [-0.25, -0.2) is 4.98 Å². The molecule has 2 aromatic rings. The van der Waals surface area contributed by atoms with E-state index in [9.17, 15) is 9.59 Å². The fraction of sp³-hybridized carbons (Fsp3) is 0.389. The normalized spacial score (nSPS) is 12.0. The summed E-state index contributed by atoms with van der Waals surface area (Å²) >= 11 is 1.40. The summed E-state index contributed by atoms with van der Waals surface area (Å²) in [4.78, 5) is 28.1. The molecule has 0 saturated heterocycles. The first-order valence-electron chi connectivity index (χ1n) is 8.23. The molecular formula is C18H24N4O3S. The number of anilines is 1. The monoisotopic (exact) mass is 376 g/mol. The van der Waals surface area contributed by atoms with Crippen molar-refractivity contribution in [2.45, 2.75) is 37.7 Å². The first kappa shape index (κ1) is 20.0. The second-order valence-electron chi connectivity index (χ2n) is 5.90. The second kappa shape index (κ2) is 8.86. The Balaban J connectivity index is 2.05. The number of benzene rings is 1. The van der Waals surface area contributed by atoms with E-state index in [-0.39, 0.29) is 11.2 Å². The molecule has 0 aliphatic rings. The maximum Gasteiger partial charge on any atom is 0.248 e. The Labute approximate surface area is 157 Å². The molecule has 1 aromatic carbocycles. The molecule has 0 spiro atoms. The second-order valence-corrected chi connectivity index (χ2v) is 7.21. The van der Waals surface area contributed by atoms with Gasteiger partial charge in [0.05, 0.1) is 17.6 Å². The van der Waals surface area contributed by atoms with Crippen molar-refractivity contribution < 1.29 is 14.3 Å². The van der Waals surface area contributed by atoms with Gasteiger partial charge < -0.3 is 20.4 Å². The van der Waals surface area contributed by atoms with E-state index in [1.165, 1.54) is 11.8 Å². The number of primary amides is 1. The van der Waals surface area contributed by atoms with Crippen LogP contribution in [0.15, 0.2) is 29.4 Å². The van der Waals surface area contributed by atoms with Gasteiger partial charge in [0.2, 0.25) is 11.8 Å². The molecule has 0 aliphatic heterocycles. The number of nitrogens with one attached hydrogen (secondary N) is 1. The number of carbonyl (C=O) groups excluding carboxylic acids is 2. The van der Waals surface area contributed by atoms with Crippen molar-refractivity contribution in [3.8, 4) is 0 Å². The number of aromatic nitrogens is 2. The van der Waals surface area contributed by atoms with Crippen LogP contribution in [-0.2, 0) is 16.1 Å². The molecule has 0 saturated carbocycles. The minimum absolute atomic E-state index is 0.140. The standard InChI is InChI=1S/C18H24N4O3S/c1-11-12(2)22(9-10-25-4)18(20-11)26-13(3)17(24)21-15-7-5-14(6-8-15)16(19)23/h5-8,13H,9-10H2,1-4H3,(H2,19,23)(H,21,24)/t13-/m1/s1. The maximum atomic E-state index is 12.5. The highest BCUT2D eigenvalue weighted by atomic mass is 32.2. The van der Waals surface area contributed by atoms with Crippen LogP contribution in [0.1, 0.15) is 28.7 Å². The van der Waals surface area contributed by atoms with E-state index < -0.39 is 5.91 Å². The number of imidazole rings is 1. The van der Waals surface area contributed by atoms with Gasteiger partial charge in [-0.2, -0.15) is 0 Å². The molecule has 2 rings (SSSR count). The van der Waals surface area contributed by atoms with Crippen LogP contribution in [0.3, 0.4) is 0 Å². The topological polar surface area (TPSA) is 99.2 Å². The van der Waals surface area contributed by atoms with Crippen LogP contribution in [0.25, 0.3) is 0 Å². The minimum atomic E-state index is -0.500. The number of nitrogens with zero attached hydrogens (tertiary/aromatic N) is 2. The molecule has 1 atom stereocenters. The zero-order valence-corrected chi connectivity index (χ0v) is 16.2. The van der Waals surface area contributed by atoms with Gasteiger partial charge in [-0.1, -0.05) is 11.8 Å². The lowest BCUT2D eigenvalue weighted by Gasteiger charge is -2.14. The van der Waals surface area contributed by atoms with E-state index in [0.717, 1.165) is 16.5 Å². The lowest BCUT2D eigenvalue weighted by Crippen LogP contribution is -2.23. The van der Waals surface area contributed by atoms with Crippen molar-refractivity contribution >= 4 is 29.3 Å². The summed E-state index contributed by atoms with van der Waals surface area (Å²) in [6, 6.07) is 6.48. The molecule has 8 heteroatoms. The summed E-state index contributed by atoms with van der Waals surface area (Å²) in [5.74, 6) is -0.640. The lowest BCUT2D eigenvalue weighted by molar-refractivity contribution is -0.115. The summed E-state index contributed by atoms with van der Waals surface area (Å²) in [6.45, 7) is 7.06. The summed E-state index contributed by atoms with van der Waals surface area (Å²) in [6.07, 6.45) is 0. The molecule has 3 N–H and O–H groups in total. The van der Waals surface area contributed by atoms with Gasteiger partial charge in [0.15, 0.2) is 5.16 Å². The quantitative estimate of drug-likeness (QED) is 0.689. The predicted molar refractivity (Wildman–Crippen MR) is 102 cm³/mol. The Kier molecular flexibility index (Phi) is 6.82. The lowest BCUT2D eigenvalue weighted by atomic mass is 10.2. The highest BCUT2D eigenvalue weighted by molar-refractivity contribution is 8.00. The van der Waals surface area contributed by atoms with Crippen LogP contribution in [0.5, 0.6) is 0 Å². The van der Waals surface area contributed by atoms with Gasteiger partial charge in [-0.3, -0.25) is 9.59 Å². The number of amides is 2. The largest absolute Gasteiger partial charge is 0.383 e. The van der Waals surface area contributed by atoms with Crippen molar-refractivity contribution in [1.29, 1.82) is 0 Å². The smallest absolute Gasteiger partial charge is 0.248 e. The fourth-order valence-corrected chi connectivity index (χ4v) is 3.36. The zero-order valence-electron chi connectivity index (χ0n) is 15.4. The highest BCUT2D eigenvalue weighted by Gasteiger charge is 2.20. The average Bonchev–Trinajstić information content (AvgIpc) is 2.87. The molecule has 0 fully saturated rings. The molecule has 0 unspecified atom stereocenters. The number of thioether (sulfide) groups is 1. The maximum absolute atomic E-state index is 12.5. The predicted octanol–water partition coefficient (Wildman–Crippen LogP) is 2.36. The SMILES string of the molecule is COCCn1c(S[C@H](C)C(=O)Nc2ccc(C(N)=O)cc2)nc(C)c1C. The van der Waals surface area contributed by atoms with Crippen LogP contribution >= 0.6 is 11.8 Å². The molecule has 0 aliphatic carbocycles. The molecule has 26 heavy (non-hydrogen) atoms. The number of hydrogen-bond donors (Lipinski definition) is 2. The Morgan fingerprint density at radius 1 is 1.31 bits per heavy atom. The molecule has 1 heterocycles. The van der Waals surface area contributed by atoms with Crippen LogP contribution in [0.2, 0.25) is 0 Å². The number of methoxy groups -OCH3 is 1. The molecule has 2 amide bonds. The Morgan fingerprint density at radius 3 is 2.54 bits per heavy atom. The van der Waals surface area contributed by atoms with E-state index in [1.54, 1.807) is 31.4 Å². The fourth-order valence-electron chi connectivity index (χ4n) is 2.33. The van der Waals surface area contributed by atoms with Gasteiger partial charge in [0.25, 0.3) is 0 Å². The molecule has 7 nitrogen and oxygen atoms in total. The number of carbonyl (C=O) groups is 2. The number of aryl methyl sites for hydroxylation is 1. The zero-order chi connectivity index (χ0) is 19.3. The van der Waals surface area contributed by atoms with Crippen LogP contribution in [0, 0.1) is 13.8 Å². The summed E-state index contributed by atoms with van der Waals surface area (Å²) in [5, 5.41) is 3.29. The van der Waals surface area contributed by atoms with Crippen molar-refractivity contribution in [2.75, 3.05) is 19.0 Å². The van der Waals surface area contributed by atoms with Crippen molar-refractivity contribution in [3.05, 3.63) is 41.2 Å². The molecule has 0 radical (unpaired) electrons. The molecule has 140 valence electrons. The third-order valence-electron chi connectivity index (χ3n) is 4.03. The van der Waals surface area contributed by atoms with E-state index >= 15 is 0 Å². The van der Waals surface area contributed by atoms with Gasteiger partial charge in [-0.15, -0.1) is 0 Å². The van der Waals surface area contributed by atoms with Gasteiger partial charge in [0.1, 0.15) is 0 Å². The van der Waals surface area contributed by atoms with Crippen molar-refractivity contribution in [1.82, 2.24) is 9.55 Å². The first-order chi connectivity index (χ1) is 12.3.